The van der Waals surface area contributed by atoms with Crippen molar-refractivity contribution in [3.8, 4) is 0 Å². The molecular formula is C34H34Si. The summed E-state index contributed by atoms with van der Waals surface area (Å²) in [4.78, 5) is 0. The average molecular weight is 471 g/mol. The molecule has 1 aliphatic heterocycles. The summed E-state index contributed by atoms with van der Waals surface area (Å²) in [5.74, 6) is 0. The minimum absolute atomic E-state index is 1.30. The van der Waals surface area contributed by atoms with Crippen molar-refractivity contribution in [2.24, 2.45) is 0 Å². The second-order valence-corrected chi connectivity index (χ2v) is 14.7. The zero-order valence-electron chi connectivity index (χ0n) is 21.7. The third-order valence-corrected chi connectivity index (χ3v) is 11.0. The molecule has 1 heteroatoms. The Balaban J connectivity index is 1.98. The molecule has 0 unspecified atom stereocenters. The lowest BCUT2D eigenvalue weighted by molar-refractivity contribution is 1.42. The third kappa shape index (κ3) is 4.04. The number of hydrogen-bond acceptors (Lipinski definition) is 0. The normalized spacial score (nSPS) is 15.1. The molecule has 4 aromatic carbocycles. The zero-order valence-corrected chi connectivity index (χ0v) is 22.7. The molecule has 5 rings (SSSR count). The summed E-state index contributed by atoms with van der Waals surface area (Å²) < 4.78 is 0. The first-order valence-electron chi connectivity index (χ1n) is 12.5. The lowest BCUT2D eigenvalue weighted by atomic mass is 9.87. The van der Waals surface area contributed by atoms with Crippen molar-refractivity contribution in [2.75, 3.05) is 0 Å². The first-order valence-corrected chi connectivity index (χ1v) is 15.5. The van der Waals surface area contributed by atoms with Gasteiger partial charge in [0.05, 0.1) is 0 Å². The fourth-order valence-corrected chi connectivity index (χ4v) is 9.77. The van der Waals surface area contributed by atoms with E-state index in [1.54, 1.807) is 10.4 Å². The van der Waals surface area contributed by atoms with Crippen LogP contribution in [-0.4, -0.2) is 8.07 Å². The van der Waals surface area contributed by atoms with E-state index in [-0.39, 0.29) is 0 Å². The van der Waals surface area contributed by atoms with Gasteiger partial charge >= 0.3 is 0 Å². The van der Waals surface area contributed by atoms with Crippen LogP contribution in [-0.2, 0) is 0 Å². The van der Waals surface area contributed by atoms with Gasteiger partial charge in [-0.1, -0.05) is 121 Å². The quantitative estimate of drug-likeness (QED) is 0.261. The smallest absolute Gasteiger partial charge is 0.0620 e. The highest BCUT2D eigenvalue weighted by Gasteiger charge is 2.44. The average Bonchev–Trinajstić information content (AvgIpc) is 3.07. The van der Waals surface area contributed by atoms with E-state index >= 15 is 0 Å². The molecule has 0 fully saturated rings. The zero-order chi connectivity index (χ0) is 24.7. The van der Waals surface area contributed by atoms with Gasteiger partial charge in [0, 0.05) is 0 Å². The van der Waals surface area contributed by atoms with Gasteiger partial charge in [-0.2, -0.15) is 0 Å². The Hall–Kier alpha value is -3.42. The van der Waals surface area contributed by atoms with Gasteiger partial charge in [0.1, 0.15) is 8.07 Å². The highest BCUT2D eigenvalue weighted by molar-refractivity contribution is 7.13. The van der Waals surface area contributed by atoms with Gasteiger partial charge in [0.25, 0.3) is 0 Å². The van der Waals surface area contributed by atoms with E-state index in [1.807, 2.05) is 0 Å². The molecule has 174 valence electrons. The molecule has 0 spiro atoms. The van der Waals surface area contributed by atoms with Crippen molar-refractivity contribution in [1.82, 2.24) is 0 Å². The Bertz CT molecular complexity index is 1380. The number of aryl methyl sites for hydroxylation is 4. The SMILES string of the molecule is Cc1cccc(C2=C(c3ccccc3C)[Si](C)(C)C(c3ccccc3C)=C2c2cccc(C)c2)c1. The topological polar surface area (TPSA) is 0 Å². The Kier molecular flexibility index (Phi) is 5.98. The van der Waals surface area contributed by atoms with Crippen LogP contribution < -0.4 is 0 Å². The molecule has 0 aromatic heterocycles. The van der Waals surface area contributed by atoms with E-state index < -0.39 is 8.07 Å². The van der Waals surface area contributed by atoms with Gasteiger partial charge < -0.3 is 0 Å². The highest BCUT2D eigenvalue weighted by Crippen LogP contribution is 2.56. The molecule has 0 saturated carbocycles. The van der Waals surface area contributed by atoms with Gasteiger partial charge in [0.2, 0.25) is 0 Å². The van der Waals surface area contributed by atoms with Gasteiger partial charge in [-0.3, -0.25) is 0 Å². The molecular weight excluding hydrogens is 436 g/mol. The Labute approximate surface area is 211 Å². The van der Waals surface area contributed by atoms with Crippen LogP contribution in [0.2, 0.25) is 13.1 Å². The predicted octanol–water partition coefficient (Wildman–Crippen LogP) is 9.24. The fourth-order valence-electron chi connectivity index (χ4n) is 5.83. The minimum Gasteiger partial charge on any atom is -0.0620 e. The number of allylic oxidation sites excluding steroid dienone is 2. The largest absolute Gasteiger partial charge is 0.115 e. The number of hydrogen-bond donors (Lipinski definition) is 0. The summed E-state index contributed by atoms with van der Waals surface area (Å²) in [6.45, 7) is 14.0. The maximum absolute atomic E-state index is 2.55. The van der Waals surface area contributed by atoms with Crippen molar-refractivity contribution in [3.05, 3.63) is 142 Å². The lowest BCUT2D eigenvalue weighted by Crippen LogP contribution is -2.29. The van der Waals surface area contributed by atoms with Crippen LogP contribution in [0, 0.1) is 27.7 Å². The molecule has 0 aliphatic carbocycles. The maximum Gasteiger partial charge on any atom is 0.115 e. The molecule has 35 heavy (non-hydrogen) atoms. The molecule has 1 aliphatic rings. The molecule has 0 bridgehead atoms. The Morgan fingerprint density at radius 3 is 1.23 bits per heavy atom. The van der Waals surface area contributed by atoms with Crippen LogP contribution in [0.25, 0.3) is 21.5 Å². The van der Waals surface area contributed by atoms with Crippen LogP contribution in [0.1, 0.15) is 44.5 Å². The monoisotopic (exact) mass is 470 g/mol. The van der Waals surface area contributed by atoms with Crippen LogP contribution in [0.15, 0.2) is 97.1 Å². The summed E-state index contributed by atoms with van der Waals surface area (Å²) in [5, 5.41) is 3.10. The second-order valence-electron chi connectivity index (χ2n) is 10.5. The van der Waals surface area contributed by atoms with Gasteiger partial charge in [-0.25, -0.2) is 0 Å². The van der Waals surface area contributed by atoms with Crippen LogP contribution in [0.3, 0.4) is 0 Å². The molecule has 0 nitrogen and oxygen atoms in total. The van der Waals surface area contributed by atoms with Crippen molar-refractivity contribution in [2.45, 2.75) is 40.8 Å². The fraction of sp³-hybridized carbons (Fsp3) is 0.176. The van der Waals surface area contributed by atoms with Crippen molar-refractivity contribution in [3.63, 3.8) is 0 Å². The number of rotatable bonds is 4. The van der Waals surface area contributed by atoms with Crippen molar-refractivity contribution < 1.29 is 0 Å². The maximum atomic E-state index is 2.55. The predicted molar refractivity (Wildman–Crippen MR) is 156 cm³/mol. The summed E-state index contributed by atoms with van der Waals surface area (Å²) >= 11 is 0. The van der Waals surface area contributed by atoms with Crippen LogP contribution >= 0.6 is 0 Å². The molecule has 0 N–H and O–H groups in total. The standard InChI is InChI=1S/C34H34Si/c1-23-13-11-17-27(21-23)31-32(28-18-12-14-24(2)22-28)34(30-20-10-8-16-26(30)4)35(5,6)33(31)29-19-9-7-15-25(29)3/h7-22H,1-6H3. The lowest BCUT2D eigenvalue weighted by Gasteiger charge is -2.28. The van der Waals surface area contributed by atoms with E-state index in [0.717, 1.165) is 0 Å². The third-order valence-electron chi connectivity index (χ3n) is 7.44. The summed E-state index contributed by atoms with van der Waals surface area (Å²) in [6.07, 6.45) is 0. The van der Waals surface area contributed by atoms with E-state index in [1.165, 1.54) is 55.7 Å². The highest BCUT2D eigenvalue weighted by atomic mass is 28.3. The van der Waals surface area contributed by atoms with Gasteiger partial charge in [-0.05, 0) is 82.6 Å². The summed E-state index contributed by atoms with van der Waals surface area (Å²) in [6, 6.07) is 36.1. The van der Waals surface area contributed by atoms with Crippen molar-refractivity contribution in [1.29, 1.82) is 0 Å². The van der Waals surface area contributed by atoms with E-state index in [9.17, 15) is 0 Å². The molecule has 1 heterocycles. The minimum atomic E-state index is -2.11. The van der Waals surface area contributed by atoms with E-state index in [2.05, 4.69) is 138 Å². The summed E-state index contributed by atoms with van der Waals surface area (Å²) in [7, 11) is -2.11. The van der Waals surface area contributed by atoms with E-state index in [0.29, 0.717) is 0 Å². The van der Waals surface area contributed by atoms with Gasteiger partial charge in [0.15, 0.2) is 0 Å². The molecule has 0 amide bonds. The van der Waals surface area contributed by atoms with E-state index in [4.69, 9.17) is 0 Å². The Morgan fingerprint density at radius 2 is 0.857 bits per heavy atom. The Morgan fingerprint density at radius 1 is 0.457 bits per heavy atom. The summed E-state index contributed by atoms with van der Waals surface area (Å²) in [5.41, 5.74) is 13.6. The second kappa shape index (κ2) is 8.98. The van der Waals surface area contributed by atoms with Crippen LogP contribution in [0.4, 0.5) is 0 Å². The number of benzene rings is 4. The molecule has 0 saturated heterocycles. The molecule has 0 atom stereocenters. The molecule has 0 radical (unpaired) electrons. The first-order chi connectivity index (χ1) is 16.8. The first kappa shape index (κ1) is 23.3. The molecule has 4 aromatic rings. The van der Waals surface area contributed by atoms with Crippen molar-refractivity contribution >= 4 is 29.6 Å². The van der Waals surface area contributed by atoms with Crippen LogP contribution in [0.5, 0.6) is 0 Å². The van der Waals surface area contributed by atoms with Gasteiger partial charge in [-0.15, -0.1) is 0 Å².